The van der Waals surface area contributed by atoms with Crippen molar-refractivity contribution < 1.29 is 40.1 Å². The number of ether oxygens (including phenoxy) is 2. The molecule has 8 nitrogen and oxygen atoms in total. The predicted octanol–water partition coefficient (Wildman–Crippen LogP) is -0.258. The van der Waals surface area contributed by atoms with E-state index >= 15 is 0 Å². The van der Waals surface area contributed by atoms with E-state index in [9.17, 15) is 20.4 Å². The molecule has 0 aromatic rings. The van der Waals surface area contributed by atoms with Crippen LogP contribution < -0.4 is 0 Å². The van der Waals surface area contributed by atoms with Crippen molar-refractivity contribution in [1.29, 1.82) is 0 Å². The van der Waals surface area contributed by atoms with Crippen LogP contribution in [0.2, 0.25) is 0 Å². The number of thiol groups is 2. The first-order chi connectivity index (χ1) is 13.6. The smallest absolute Gasteiger partial charge is 0.110 e. The molecular formula is C18H38O8S3. The summed E-state index contributed by atoms with van der Waals surface area (Å²) < 4.78 is 10.6. The van der Waals surface area contributed by atoms with Crippen molar-refractivity contribution in [2.45, 2.75) is 75.2 Å². The first-order valence-electron chi connectivity index (χ1n) is 9.76. The summed E-state index contributed by atoms with van der Waals surface area (Å²) in [6.07, 6.45) is -5.08. The molecule has 2 aliphatic rings. The maximum absolute atomic E-state index is 9.69. The lowest BCUT2D eigenvalue weighted by Gasteiger charge is -2.40. The second kappa shape index (κ2) is 15.5. The number of hydrogen-bond donors (Lipinski definition) is 8. The summed E-state index contributed by atoms with van der Waals surface area (Å²) in [6.45, 7) is 7.01. The summed E-state index contributed by atoms with van der Waals surface area (Å²) in [4.78, 5) is 0. The average molecular weight is 479 g/mol. The van der Waals surface area contributed by atoms with Gasteiger partial charge in [-0.05, 0) is 11.5 Å². The molecular weight excluding hydrogens is 440 g/mol. The van der Waals surface area contributed by atoms with Gasteiger partial charge in [-0.25, -0.2) is 0 Å². The Kier molecular flexibility index (Phi) is 15.9. The number of hydrogen-bond acceptors (Lipinski definition) is 11. The van der Waals surface area contributed by atoms with Crippen molar-refractivity contribution in [3.8, 4) is 0 Å². The van der Waals surface area contributed by atoms with E-state index in [1.807, 2.05) is 20.8 Å². The molecule has 2 heterocycles. The van der Waals surface area contributed by atoms with Crippen LogP contribution in [0.5, 0.6) is 0 Å². The van der Waals surface area contributed by atoms with Gasteiger partial charge in [0, 0.05) is 11.8 Å². The van der Waals surface area contributed by atoms with Crippen LogP contribution in [0.3, 0.4) is 0 Å². The molecule has 0 spiro atoms. The third-order valence-electron chi connectivity index (χ3n) is 4.73. The Morgan fingerprint density at radius 3 is 1.62 bits per heavy atom. The minimum atomic E-state index is -1.02. The highest BCUT2D eigenvalue weighted by atomic mass is 32.2. The lowest BCUT2D eigenvalue weighted by Crippen LogP contribution is -2.53. The van der Waals surface area contributed by atoms with Crippen LogP contribution in [-0.2, 0) is 9.47 Å². The molecule has 0 amide bonds. The summed E-state index contributed by atoms with van der Waals surface area (Å²) in [5.74, 6) is 1.49. The van der Waals surface area contributed by atoms with Crippen LogP contribution >= 0.6 is 37.0 Å². The van der Waals surface area contributed by atoms with Gasteiger partial charge in [-0.1, -0.05) is 27.7 Å². The van der Waals surface area contributed by atoms with Crippen LogP contribution in [0.25, 0.3) is 0 Å². The summed E-state index contributed by atoms with van der Waals surface area (Å²) in [6, 6.07) is 0. The third-order valence-corrected chi connectivity index (χ3v) is 6.53. The SMILES string of the molecule is CC1[C@H](S)OC(CO)[C@@H](O)[C@@H]1O.CCS.CCS[C@@H]1OC(CO)[C@@H](O)[C@H](O)C1C. The molecule has 176 valence electrons. The molecule has 10 atom stereocenters. The van der Waals surface area contributed by atoms with Crippen LogP contribution in [0, 0.1) is 11.8 Å². The minimum Gasteiger partial charge on any atom is -0.394 e. The van der Waals surface area contributed by atoms with Gasteiger partial charge in [-0.2, -0.15) is 12.6 Å². The molecule has 0 aromatic carbocycles. The Hall–Kier alpha value is 0.730. The van der Waals surface area contributed by atoms with Crippen molar-refractivity contribution >= 4 is 37.0 Å². The first kappa shape index (κ1) is 29.7. The van der Waals surface area contributed by atoms with E-state index in [0.29, 0.717) is 0 Å². The van der Waals surface area contributed by atoms with Gasteiger partial charge < -0.3 is 40.1 Å². The molecule has 2 rings (SSSR count). The quantitative estimate of drug-likeness (QED) is 0.257. The molecule has 11 heteroatoms. The van der Waals surface area contributed by atoms with Crippen molar-refractivity contribution in [3.05, 3.63) is 0 Å². The topological polar surface area (TPSA) is 140 Å². The molecule has 2 saturated heterocycles. The second-order valence-electron chi connectivity index (χ2n) is 6.93. The zero-order valence-electron chi connectivity index (χ0n) is 17.4. The molecule has 2 aliphatic heterocycles. The van der Waals surface area contributed by atoms with E-state index in [0.717, 1.165) is 11.5 Å². The summed E-state index contributed by atoms with van der Waals surface area (Å²) in [5, 5.41) is 55.7. The molecule has 0 radical (unpaired) electrons. The lowest BCUT2D eigenvalue weighted by molar-refractivity contribution is -0.181. The van der Waals surface area contributed by atoms with Crippen LogP contribution in [0.1, 0.15) is 27.7 Å². The van der Waals surface area contributed by atoms with E-state index < -0.39 is 42.1 Å². The van der Waals surface area contributed by atoms with Crippen molar-refractivity contribution in [2.75, 3.05) is 24.7 Å². The van der Waals surface area contributed by atoms with Crippen molar-refractivity contribution in [1.82, 2.24) is 0 Å². The first-order valence-corrected chi connectivity index (χ1v) is 12.0. The van der Waals surface area contributed by atoms with Gasteiger partial charge in [0.25, 0.3) is 0 Å². The number of aliphatic hydroxyl groups excluding tert-OH is 6. The van der Waals surface area contributed by atoms with Gasteiger partial charge in [0.15, 0.2) is 0 Å². The fraction of sp³-hybridized carbons (Fsp3) is 1.00. The average Bonchev–Trinajstić information content (AvgIpc) is 2.70. The fourth-order valence-corrected chi connectivity index (χ4v) is 4.16. The van der Waals surface area contributed by atoms with Gasteiger partial charge >= 0.3 is 0 Å². The molecule has 0 saturated carbocycles. The predicted molar refractivity (Wildman–Crippen MR) is 120 cm³/mol. The van der Waals surface area contributed by atoms with Crippen LogP contribution in [0.15, 0.2) is 0 Å². The molecule has 2 fully saturated rings. The third kappa shape index (κ3) is 9.01. The standard InChI is InChI=1S/C9H18O4S.C7H14O4S.C2H6S/c1-3-14-9-5(2)7(11)8(12)6(4-10)13-9;1-3-5(9)6(10)4(2-8)11-7(3)12;1-2-3/h5-12H,3-4H2,1-2H3;3-10,12H,2H2,1H3;3H,2H2,1H3/t5?,6?,7-,8-,9+;3?,4?,5-,6-,7+;/m11./s1. The van der Waals surface area contributed by atoms with E-state index in [1.54, 1.807) is 18.7 Å². The van der Waals surface area contributed by atoms with Crippen LogP contribution in [0.4, 0.5) is 0 Å². The summed E-state index contributed by atoms with van der Waals surface area (Å²) in [5.41, 5.74) is -0.573. The fourth-order valence-electron chi connectivity index (χ4n) is 2.81. The number of aliphatic hydroxyl groups is 6. The van der Waals surface area contributed by atoms with E-state index in [-0.39, 0.29) is 30.5 Å². The van der Waals surface area contributed by atoms with Gasteiger partial charge in [-0.3, -0.25) is 0 Å². The molecule has 0 aromatic heterocycles. The Labute approximate surface area is 188 Å². The molecule has 6 N–H and O–H groups in total. The Morgan fingerprint density at radius 1 is 0.793 bits per heavy atom. The minimum absolute atomic E-state index is 0.113. The Bertz CT molecular complexity index is 414. The van der Waals surface area contributed by atoms with Gasteiger partial charge in [-0.15, -0.1) is 24.4 Å². The van der Waals surface area contributed by atoms with Gasteiger partial charge in [0.05, 0.1) is 25.4 Å². The number of rotatable bonds is 4. The Balaban J connectivity index is 0.000000481. The maximum atomic E-state index is 9.69. The van der Waals surface area contributed by atoms with Crippen molar-refractivity contribution in [3.63, 3.8) is 0 Å². The zero-order valence-corrected chi connectivity index (χ0v) is 20.0. The summed E-state index contributed by atoms with van der Waals surface area (Å²) >= 11 is 9.43. The van der Waals surface area contributed by atoms with Gasteiger partial charge in [0.1, 0.15) is 35.3 Å². The highest BCUT2D eigenvalue weighted by molar-refractivity contribution is 7.99. The zero-order chi connectivity index (χ0) is 22.7. The summed E-state index contributed by atoms with van der Waals surface area (Å²) in [7, 11) is 0. The molecule has 4 unspecified atom stereocenters. The second-order valence-corrected chi connectivity index (χ2v) is 9.44. The van der Waals surface area contributed by atoms with E-state index in [2.05, 4.69) is 25.3 Å². The normalized spacial score (nSPS) is 42.2. The van der Waals surface area contributed by atoms with E-state index in [4.69, 9.17) is 19.7 Å². The number of thioether (sulfide) groups is 1. The monoisotopic (exact) mass is 478 g/mol. The largest absolute Gasteiger partial charge is 0.394 e. The molecule has 0 bridgehead atoms. The van der Waals surface area contributed by atoms with Gasteiger partial charge in [0.2, 0.25) is 0 Å². The molecule has 0 aliphatic carbocycles. The maximum Gasteiger partial charge on any atom is 0.110 e. The van der Waals surface area contributed by atoms with Crippen molar-refractivity contribution in [2.24, 2.45) is 11.8 Å². The van der Waals surface area contributed by atoms with Crippen LogP contribution in [-0.4, -0.2) is 103 Å². The highest BCUT2D eigenvalue weighted by Crippen LogP contribution is 2.32. The lowest BCUT2D eigenvalue weighted by atomic mass is 9.94. The molecule has 29 heavy (non-hydrogen) atoms. The highest BCUT2D eigenvalue weighted by Gasteiger charge is 2.42. The Morgan fingerprint density at radius 2 is 1.21 bits per heavy atom. The van der Waals surface area contributed by atoms with E-state index in [1.165, 1.54) is 0 Å².